The van der Waals surface area contributed by atoms with Crippen molar-refractivity contribution in [2.45, 2.75) is 19.8 Å². The first-order valence-corrected chi connectivity index (χ1v) is 5.90. The normalized spacial score (nSPS) is 9.78. The first-order valence-electron chi connectivity index (χ1n) is 5.90. The minimum Gasteiger partial charge on any atom is -0.340 e. The van der Waals surface area contributed by atoms with E-state index in [4.69, 9.17) is 5.26 Å². The average molecular weight is 238 g/mol. The first-order chi connectivity index (χ1) is 8.81. The van der Waals surface area contributed by atoms with Crippen LogP contribution < -0.4 is 5.32 Å². The highest BCUT2D eigenvalue weighted by molar-refractivity contribution is 5.57. The van der Waals surface area contributed by atoms with Crippen LogP contribution in [-0.2, 0) is 6.42 Å². The van der Waals surface area contributed by atoms with E-state index in [1.165, 1.54) is 11.9 Å². The van der Waals surface area contributed by atoms with Crippen LogP contribution in [0.3, 0.4) is 0 Å². The number of nitrogens with zero attached hydrogens (tertiary/aromatic N) is 3. The number of anilines is 2. The SMILES string of the molecule is CCCc1ccc(Nc2cc(C#N)ncn2)cc1. The smallest absolute Gasteiger partial charge is 0.145 e. The molecular formula is C14H14N4. The minimum atomic E-state index is 0.357. The first kappa shape index (κ1) is 12.1. The highest BCUT2D eigenvalue weighted by atomic mass is 15.0. The summed E-state index contributed by atoms with van der Waals surface area (Å²) in [6.45, 7) is 2.16. The number of aryl methyl sites for hydroxylation is 1. The Balaban J connectivity index is 2.11. The van der Waals surface area contributed by atoms with Crippen molar-refractivity contribution >= 4 is 11.5 Å². The Kier molecular flexibility index (Phi) is 3.87. The number of nitrogens with one attached hydrogen (secondary N) is 1. The van der Waals surface area contributed by atoms with Crippen molar-refractivity contribution in [3.05, 3.63) is 47.9 Å². The summed E-state index contributed by atoms with van der Waals surface area (Å²) in [6, 6.07) is 11.8. The molecule has 0 aliphatic heterocycles. The maximum absolute atomic E-state index is 8.76. The zero-order valence-electron chi connectivity index (χ0n) is 10.2. The molecule has 1 aromatic heterocycles. The van der Waals surface area contributed by atoms with Crippen LogP contribution in [-0.4, -0.2) is 9.97 Å². The Morgan fingerprint density at radius 2 is 2.00 bits per heavy atom. The van der Waals surface area contributed by atoms with Crippen molar-refractivity contribution in [3.8, 4) is 6.07 Å². The molecular weight excluding hydrogens is 224 g/mol. The molecule has 0 saturated carbocycles. The fraction of sp³-hybridized carbons (Fsp3) is 0.214. The third kappa shape index (κ3) is 3.05. The summed E-state index contributed by atoms with van der Waals surface area (Å²) < 4.78 is 0. The highest BCUT2D eigenvalue weighted by Crippen LogP contribution is 2.15. The molecule has 0 bridgehead atoms. The van der Waals surface area contributed by atoms with Crippen LogP contribution in [0.1, 0.15) is 24.6 Å². The summed E-state index contributed by atoms with van der Waals surface area (Å²) in [5, 5.41) is 11.9. The molecule has 1 aromatic carbocycles. The third-order valence-corrected chi connectivity index (χ3v) is 2.55. The molecule has 0 aliphatic rings. The van der Waals surface area contributed by atoms with E-state index in [1.807, 2.05) is 18.2 Å². The van der Waals surface area contributed by atoms with Gasteiger partial charge in [0, 0.05) is 11.8 Å². The Bertz CT molecular complexity index is 555. The molecule has 2 aromatic rings. The summed E-state index contributed by atoms with van der Waals surface area (Å²) in [5.74, 6) is 0.629. The molecule has 0 fully saturated rings. The van der Waals surface area contributed by atoms with Gasteiger partial charge in [-0.15, -0.1) is 0 Å². The molecule has 90 valence electrons. The summed E-state index contributed by atoms with van der Waals surface area (Å²) in [6.07, 6.45) is 3.61. The molecule has 1 heterocycles. The van der Waals surface area contributed by atoms with Crippen molar-refractivity contribution in [2.75, 3.05) is 5.32 Å². The van der Waals surface area contributed by atoms with E-state index in [0.29, 0.717) is 11.5 Å². The number of benzene rings is 1. The van der Waals surface area contributed by atoms with E-state index in [9.17, 15) is 0 Å². The maximum atomic E-state index is 8.76. The van der Waals surface area contributed by atoms with Crippen LogP contribution in [0.2, 0.25) is 0 Å². The molecule has 1 N–H and O–H groups in total. The summed E-state index contributed by atoms with van der Waals surface area (Å²) in [7, 11) is 0. The van der Waals surface area contributed by atoms with Gasteiger partial charge >= 0.3 is 0 Å². The predicted octanol–water partition coefficient (Wildman–Crippen LogP) is 3.04. The van der Waals surface area contributed by atoms with Gasteiger partial charge < -0.3 is 5.32 Å². The van der Waals surface area contributed by atoms with E-state index in [2.05, 4.69) is 34.3 Å². The van der Waals surface area contributed by atoms with E-state index in [-0.39, 0.29) is 0 Å². The van der Waals surface area contributed by atoms with Gasteiger partial charge in [0.15, 0.2) is 0 Å². The van der Waals surface area contributed by atoms with Gasteiger partial charge in [-0.1, -0.05) is 25.5 Å². The number of hydrogen-bond donors (Lipinski definition) is 1. The minimum absolute atomic E-state index is 0.357. The molecule has 0 radical (unpaired) electrons. The zero-order valence-corrected chi connectivity index (χ0v) is 10.2. The Morgan fingerprint density at radius 3 is 2.67 bits per heavy atom. The standard InChI is InChI=1S/C14H14N4/c1-2-3-11-4-6-12(7-5-11)18-14-8-13(9-15)16-10-17-14/h4-8,10H,2-3H2,1H3,(H,16,17,18). The molecule has 2 rings (SSSR count). The lowest BCUT2D eigenvalue weighted by molar-refractivity contribution is 0.922. The molecule has 18 heavy (non-hydrogen) atoms. The predicted molar refractivity (Wildman–Crippen MR) is 70.5 cm³/mol. The fourth-order valence-corrected chi connectivity index (χ4v) is 1.68. The van der Waals surface area contributed by atoms with Gasteiger partial charge in [-0.05, 0) is 24.1 Å². The van der Waals surface area contributed by atoms with Crippen molar-refractivity contribution in [1.29, 1.82) is 5.26 Å². The molecule has 4 heteroatoms. The summed E-state index contributed by atoms with van der Waals surface area (Å²) in [4.78, 5) is 7.89. The lowest BCUT2D eigenvalue weighted by Crippen LogP contribution is -1.95. The highest BCUT2D eigenvalue weighted by Gasteiger charge is 1.99. The van der Waals surface area contributed by atoms with Gasteiger partial charge in [0.2, 0.25) is 0 Å². The molecule has 0 saturated heterocycles. The average Bonchev–Trinajstić information content (AvgIpc) is 2.42. The molecule has 0 unspecified atom stereocenters. The van der Waals surface area contributed by atoms with E-state index >= 15 is 0 Å². The van der Waals surface area contributed by atoms with Gasteiger partial charge in [-0.3, -0.25) is 0 Å². The lowest BCUT2D eigenvalue weighted by Gasteiger charge is -2.06. The Hall–Kier alpha value is -2.41. The van der Waals surface area contributed by atoms with Crippen LogP contribution in [0.15, 0.2) is 36.7 Å². The number of hydrogen-bond acceptors (Lipinski definition) is 4. The van der Waals surface area contributed by atoms with Crippen molar-refractivity contribution in [1.82, 2.24) is 9.97 Å². The van der Waals surface area contributed by atoms with E-state index in [0.717, 1.165) is 18.5 Å². The summed E-state index contributed by atoms with van der Waals surface area (Å²) in [5.41, 5.74) is 2.64. The van der Waals surface area contributed by atoms with Crippen LogP contribution in [0, 0.1) is 11.3 Å². The number of nitriles is 1. The van der Waals surface area contributed by atoms with Crippen LogP contribution in [0.5, 0.6) is 0 Å². The lowest BCUT2D eigenvalue weighted by atomic mass is 10.1. The van der Waals surface area contributed by atoms with E-state index in [1.54, 1.807) is 6.07 Å². The summed E-state index contributed by atoms with van der Waals surface area (Å²) >= 11 is 0. The fourth-order valence-electron chi connectivity index (χ4n) is 1.68. The monoisotopic (exact) mass is 238 g/mol. The third-order valence-electron chi connectivity index (χ3n) is 2.55. The van der Waals surface area contributed by atoms with Gasteiger partial charge in [0.05, 0.1) is 0 Å². The van der Waals surface area contributed by atoms with Crippen molar-refractivity contribution < 1.29 is 0 Å². The van der Waals surface area contributed by atoms with Gasteiger partial charge in [-0.2, -0.15) is 5.26 Å². The number of rotatable bonds is 4. The quantitative estimate of drug-likeness (QED) is 0.889. The molecule has 4 nitrogen and oxygen atoms in total. The van der Waals surface area contributed by atoms with Crippen molar-refractivity contribution in [2.24, 2.45) is 0 Å². The molecule has 0 spiro atoms. The molecule has 0 amide bonds. The zero-order chi connectivity index (χ0) is 12.8. The van der Waals surface area contributed by atoms with Gasteiger partial charge in [-0.25, -0.2) is 9.97 Å². The molecule has 0 aliphatic carbocycles. The van der Waals surface area contributed by atoms with Crippen LogP contribution in [0.25, 0.3) is 0 Å². The Morgan fingerprint density at radius 1 is 1.22 bits per heavy atom. The Labute approximate surface area is 106 Å². The number of aromatic nitrogens is 2. The van der Waals surface area contributed by atoms with Crippen LogP contribution >= 0.6 is 0 Å². The van der Waals surface area contributed by atoms with E-state index < -0.39 is 0 Å². The maximum Gasteiger partial charge on any atom is 0.145 e. The van der Waals surface area contributed by atoms with Crippen LogP contribution in [0.4, 0.5) is 11.5 Å². The second-order valence-electron chi connectivity index (χ2n) is 3.97. The molecule has 0 atom stereocenters. The second kappa shape index (κ2) is 5.78. The van der Waals surface area contributed by atoms with Gasteiger partial charge in [0.1, 0.15) is 23.9 Å². The van der Waals surface area contributed by atoms with Gasteiger partial charge in [0.25, 0.3) is 0 Å². The second-order valence-corrected chi connectivity index (χ2v) is 3.97. The topological polar surface area (TPSA) is 61.6 Å². The van der Waals surface area contributed by atoms with Crippen molar-refractivity contribution in [3.63, 3.8) is 0 Å². The largest absolute Gasteiger partial charge is 0.340 e.